The molecular formula is C14H15NO. The molecule has 0 aliphatic heterocycles. The van der Waals surface area contributed by atoms with Crippen LogP contribution in [0.4, 0.5) is 5.69 Å². The largest absolute Gasteiger partial charge is 0.506 e. The van der Waals surface area contributed by atoms with Crippen molar-refractivity contribution >= 4 is 5.69 Å². The Morgan fingerprint density at radius 1 is 1.00 bits per heavy atom. The van der Waals surface area contributed by atoms with E-state index in [4.69, 9.17) is 5.73 Å². The third-order valence-corrected chi connectivity index (χ3v) is 2.72. The van der Waals surface area contributed by atoms with Crippen LogP contribution in [0.25, 0.3) is 11.1 Å². The molecule has 2 rings (SSSR count). The predicted molar refractivity (Wildman–Crippen MR) is 67.4 cm³/mol. The van der Waals surface area contributed by atoms with Crippen molar-refractivity contribution in [3.8, 4) is 16.9 Å². The van der Waals surface area contributed by atoms with E-state index in [0.717, 1.165) is 16.7 Å². The maximum Gasteiger partial charge on any atom is 0.139 e. The summed E-state index contributed by atoms with van der Waals surface area (Å²) in [6.45, 7) is 3.95. The van der Waals surface area contributed by atoms with Gasteiger partial charge in [0, 0.05) is 0 Å². The van der Waals surface area contributed by atoms with E-state index in [2.05, 4.69) is 6.07 Å². The first kappa shape index (κ1) is 10.6. The maximum atomic E-state index is 9.69. The highest BCUT2D eigenvalue weighted by Crippen LogP contribution is 2.31. The summed E-state index contributed by atoms with van der Waals surface area (Å²) in [5, 5.41) is 9.69. The number of hydrogen-bond acceptors (Lipinski definition) is 2. The fraction of sp³-hybridized carbons (Fsp3) is 0.143. The van der Waals surface area contributed by atoms with Crippen LogP contribution in [0.2, 0.25) is 0 Å². The average Bonchev–Trinajstić information content (AvgIpc) is 2.25. The van der Waals surface area contributed by atoms with Gasteiger partial charge in [0.05, 0.1) is 5.69 Å². The SMILES string of the molecule is Cc1cccc(-c2cc(C)c(N)c(O)c2)c1. The second-order valence-electron chi connectivity index (χ2n) is 4.10. The van der Waals surface area contributed by atoms with E-state index < -0.39 is 0 Å². The van der Waals surface area contributed by atoms with Crippen molar-refractivity contribution in [3.63, 3.8) is 0 Å². The minimum atomic E-state index is 0.150. The molecule has 2 heteroatoms. The minimum Gasteiger partial charge on any atom is -0.506 e. The Morgan fingerprint density at radius 2 is 1.75 bits per heavy atom. The standard InChI is InChI=1S/C14H15NO/c1-9-4-3-5-11(6-9)12-7-10(2)14(15)13(16)8-12/h3-8,16H,15H2,1-2H3. The van der Waals surface area contributed by atoms with Gasteiger partial charge in [0.15, 0.2) is 0 Å². The van der Waals surface area contributed by atoms with Gasteiger partial charge >= 0.3 is 0 Å². The second kappa shape index (κ2) is 3.89. The predicted octanol–water partition coefficient (Wildman–Crippen LogP) is 3.26. The fourth-order valence-corrected chi connectivity index (χ4v) is 1.77. The van der Waals surface area contributed by atoms with Crippen LogP contribution in [0.1, 0.15) is 11.1 Å². The van der Waals surface area contributed by atoms with Gasteiger partial charge in [-0.1, -0.05) is 29.8 Å². The third-order valence-electron chi connectivity index (χ3n) is 2.72. The van der Waals surface area contributed by atoms with Gasteiger partial charge in [0.1, 0.15) is 5.75 Å². The van der Waals surface area contributed by atoms with Gasteiger partial charge in [-0.3, -0.25) is 0 Å². The Bertz CT molecular complexity index is 509. The summed E-state index contributed by atoms with van der Waals surface area (Å²) < 4.78 is 0. The Balaban J connectivity index is 2.57. The van der Waals surface area contributed by atoms with E-state index in [1.807, 2.05) is 38.1 Å². The van der Waals surface area contributed by atoms with Crippen LogP contribution in [0.15, 0.2) is 36.4 Å². The van der Waals surface area contributed by atoms with Crippen molar-refractivity contribution < 1.29 is 5.11 Å². The first-order chi connectivity index (χ1) is 7.58. The summed E-state index contributed by atoms with van der Waals surface area (Å²) in [5.41, 5.74) is 10.4. The molecule has 2 nitrogen and oxygen atoms in total. The Hall–Kier alpha value is -1.96. The van der Waals surface area contributed by atoms with Gasteiger partial charge < -0.3 is 10.8 Å². The molecule has 0 aliphatic rings. The van der Waals surface area contributed by atoms with E-state index in [1.54, 1.807) is 6.07 Å². The summed E-state index contributed by atoms with van der Waals surface area (Å²) in [7, 11) is 0. The smallest absolute Gasteiger partial charge is 0.139 e. The van der Waals surface area contributed by atoms with Crippen LogP contribution >= 0.6 is 0 Å². The van der Waals surface area contributed by atoms with Crippen molar-refractivity contribution in [1.82, 2.24) is 0 Å². The number of benzene rings is 2. The van der Waals surface area contributed by atoms with Crippen LogP contribution in [-0.4, -0.2) is 5.11 Å². The molecule has 0 atom stereocenters. The zero-order chi connectivity index (χ0) is 11.7. The molecule has 0 fully saturated rings. The second-order valence-corrected chi connectivity index (χ2v) is 4.10. The lowest BCUT2D eigenvalue weighted by Crippen LogP contribution is -1.91. The topological polar surface area (TPSA) is 46.2 Å². The molecule has 0 spiro atoms. The summed E-state index contributed by atoms with van der Waals surface area (Å²) in [4.78, 5) is 0. The van der Waals surface area contributed by atoms with E-state index >= 15 is 0 Å². The molecule has 0 saturated heterocycles. The van der Waals surface area contributed by atoms with E-state index in [0.29, 0.717) is 5.69 Å². The summed E-state index contributed by atoms with van der Waals surface area (Å²) in [5.74, 6) is 0.150. The van der Waals surface area contributed by atoms with E-state index in [1.165, 1.54) is 5.56 Å². The van der Waals surface area contributed by atoms with Gasteiger partial charge in [-0.15, -0.1) is 0 Å². The van der Waals surface area contributed by atoms with Crippen LogP contribution in [-0.2, 0) is 0 Å². The maximum absolute atomic E-state index is 9.69. The van der Waals surface area contributed by atoms with Crippen LogP contribution in [0, 0.1) is 13.8 Å². The summed E-state index contributed by atoms with van der Waals surface area (Å²) >= 11 is 0. The normalized spacial score (nSPS) is 10.4. The van der Waals surface area contributed by atoms with Crippen LogP contribution in [0.3, 0.4) is 0 Å². The number of hydrogen-bond donors (Lipinski definition) is 2. The lowest BCUT2D eigenvalue weighted by atomic mass is 10.0. The highest BCUT2D eigenvalue weighted by atomic mass is 16.3. The number of phenolic OH excluding ortho intramolecular Hbond substituents is 1. The molecule has 0 bridgehead atoms. The average molecular weight is 213 g/mol. The van der Waals surface area contributed by atoms with Crippen molar-refractivity contribution in [1.29, 1.82) is 0 Å². The van der Waals surface area contributed by atoms with Crippen molar-refractivity contribution in [2.24, 2.45) is 0 Å². The molecule has 0 aromatic heterocycles. The number of nitrogens with two attached hydrogens (primary N) is 1. The fourth-order valence-electron chi connectivity index (χ4n) is 1.77. The Kier molecular flexibility index (Phi) is 2.57. The van der Waals surface area contributed by atoms with Crippen LogP contribution < -0.4 is 5.73 Å². The Labute approximate surface area is 95.4 Å². The quantitative estimate of drug-likeness (QED) is 0.564. The number of rotatable bonds is 1. The molecule has 2 aromatic carbocycles. The molecule has 0 heterocycles. The Morgan fingerprint density at radius 3 is 2.38 bits per heavy atom. The zero-order valence-corrected chi connectivity index (χ0v) is 9.49. The summed E-state index contributed by atoms with van der Waals surface area (Å²) in [6.07, 6.45) is 0. The molecule has 82 valence electrons. The molecule has 0 unspecified atom stereocenters. The van der Waals surface area contributed by atoms with Gasteiger partial charge in [0.25, 0.3) is 0 Å². The third kappa shape index (κ3) is 1.87. The van der Waals surface area contributed by atoms with Crippen molar-refractivity contribution in [2.75, 3.05) is 5.73 Å². The van der Waals surface area contributed by atoms with Crippen LogP contribution in [0.5, 0.6) is 5.75 Å². The molecule has 0 aliphatic carbocycles. The number of aromatic hydroxyl groups is 1. The van der Waals surface area contributed by atoms with Crippen molar-refractivity contribution in [2.45, 2.75) is 13.8 Å². The minimum absolute atomic E-state index is 0.150. The van der Waals surface area contributed by atoms with Gasteiger partial charge in [-0.05, 0) is 42.7 Å². The van der Waals surface area contributed by atoms with E-state index in [9.17, 15) is 5.11 Å². The first-order valence-electron chi connectivity index (χ1n) is 5.24. The van der Waals surface area contributed by atoms with Gasteiger partial charge in [-0.2, -0.15) is 0 Å². The molecule has 2 aromatic rings. The highest BCUT2D eigenvalue weighted by Gasteiger charge is 2.05. The number of anilines is 1. The number of aryl methyl sites for hydroxylation is 2. The lowest BCUT2D eigenvalue weighted by Gasteiger charge is -2.08. The highest BCUT2D eigenvalue weighted by molar-refractivity contribution is 5.72. The molecule has 0 amide bonds. The molecule has 3 N–H and O–H groups in total. The molecule has 16 heavy (non-hydrogen) atoms. The molecule has 0 saturated carbocycles. The lowest BCUT2D eigenvalue weighted by molar-refractivity contribution is 0.478. The van der Waals surface area contributed by atoms with Gasteiger partial charge in [0.2, 0.25) is 0 Å². The number of nitrogen functional groups attached to an aromatic ring is 1. The van der Waals surface area contributed by atoms with Crippen molar-refractivity contribution in [3.05, 3.63) is 47.5 Å². The summed E-state index contributed by atoms with van der Waals surface area (Å²) in [6, 6.07) is 11.9. The molecule has 0 radical (unpaired) electrons. The van der Waals surface area contributed by atoms with E-state index in [-0.39, 0.29) is 5.75 Å². The first-order valence-corrected chi connectivity index (χ1v) is 5.24. The zero-order valence-electron chi connectivity index (χ0n) is 9.49. The monoisotopic (exact) mass is 213 g/mol. The van der Waals surface area contributed by atoms with Gasteiger partial charge in [-0.25, -0.2) is 0 Å². The number of phenols is 1. The molecular weight excluding hydrogens is 198 g/mol.